The van der Waals surface area contributed by atoms with Gasteiger partial charge in [0, 0.05) is 25.5 Å². The second kappa shape index (κ2) is 8.70. The van der Waals surface area contributed by atoms with E-state index < -0.39 is 0 Å². The number of ether oxygens (including phenoxy) is 1. The lowest BCUT2D eigenvalue weighted by molar-refractivity contribution is 0.145. The van der Waals surface area contributed by atoms with Crippen molar-refractivity contribution in [2.45, 2.75) is 18.5 Å². The van der Waals surface area contributed by atoms with Crippen molar-refractivity contribution in [2.75, 3.05) is 32.1 Å². The van der Waals surface area contributed by atoms with Gasteiger partial charge in [-0.3, -0.25) is 5.10 Å². The van der Waals surface area contributed by atoms with Gasteiger partial charge in [0.25, 0.3) is 0 Å². The van der Waals surface area contributed by atoms with Crippen LogP contribution in [-0.2, 0) is 4.74 Å². The van der Waals surface area contributed by atoms with Crippen molar-refractivity contribution in [1.82, 2.24) is 20.5 Å². The van der Waals surface area contributed by atoms with Crippen molar-refractivity contribution < 1.29 is 4.74 Å². The van der Waals surface area contributed by atoms with E-state index in [0.29, 0.717) is 0 Å². The molecule has 0 aliphatic heterocycles. The number of hydrogen-bond donors (Lipinski definition) is 2. The Hall–Kier alpha value is -0.590. The number of nitrogens with zero attached hydrogens (tertiary/aromatic N) is 2. The Balaban J connectivity index is 1.81. The first-order chi connectivity index (χ1) is 7.43. The number of rotatable bonds is 9. The molecule has 0 fully saturated rings. The van der Waals surface area contributed by atoms with Crippen molar-refractivity contribution in [1.29, 1.82) is 0 Å². The predicted molar refractivity (Wildman–Crippen MR) is 61.1 cm³/mol. The van der Waals surface area contributed by atoms with Gasteiger partial charge < -0.3 is 10.1 Å². The van der Waals surface area contributed by atoms with Gasteiger partial charge >= 0.3 is 0 Å². The molecule has 0 unspecified atom stereocenters. The highest BCUT2D eigenvalue weighted by molar-refractivity contribution is 7.99. The third-order valence-corrected chi connectivity index (χ3v) is 2.64. The molecule has 0 aliphatic rings. The van der Waals surface area contributed by atoms with E-state index in [9.17, 15) is 0 Å². The van der Waals surface area contributed by atoms with Gasteiger partial charge in [-0.05, 0) is 19.9 Å². The Morgan fingerprint density at radius 1 is 1.53 bits per heavy atom. The first-order valence-electron chi connectivity index (χ1n) is 5.20. The van der Waals surface area contributed by atoms with Crippen molar-refractivity contribution in [3.63, 3.8) is 0 Å². The van der Waals surface area contributed by atoms with Crippen LogP contribution < -0.4 is 5.32 Å². The number of thioether (sulfide) groups is 1. The summed E-state index contributed by atoms with van der Waals surface area (Å²) in [6.07, 6.45) is 2.60. The number of nitrogens with one attached hydrogen (secondary N) is 2. The van der Waals surface area contributed by atoms with Gasteiger partial charge in [0.15, 0.2) is 5.16 Å². The molecule has 86 valence electrons. The summed E-state index contributed by atoms with van der Waals surface area (Å²) < 4.78 is 5.23. The Morgan fingerprint density at radius 2 is 2.47 bits per heavy atom. The van der Waals surface area contributed by atoms with Crippen LogP contribution in [0.25, 0.3) is 0 Å². The van der Waals surface area contributed by atoms with Crippen LogP contribution in [0.3, 0.4) is 0 Å². The zero-order chi connectivity index (χ0) is 10.8. The van der Waals surface area contributed by atoms with Crippen LogP contribution in [0.15, 0.2) is 11.5 Å². The van der Waals surface area contributed by atoms with Crippen molar-refractivity contribution in [2.24, 2.45) is 0 Å². The lowest BCUT2D eigenvalue weighted by atomic mass is 10.4. The first-order valence-corrected chi connectivity index (χ1v) is 6.18. The predicted octanol–water partition coefficient (Wildman–Crippen LogP) is 0.913. The molecule has 2 N–H and O–H groups in total. The van der Waals surface area contributed by atoms with E-state index in [1.165, 1.54) is 6.33 Å². The summed E-state index contributed by atoms with van der Waals surface area (Å²) in [4.78, 5) is 4.02. The molecule has 0 spiro atoms. The van der Waals surface area contributed by atoms with Gasteiger partial charge in [0.2, 0.25) is 0 Å². The largest absolute Gasteiger partial charge is 0.382 e. The average molecular weight is 230 g/mol. The molecule has 0 aromatic carbocycles. The molecule has 15 heavy (non-hydrogen) atoms. The molecular formula is C9H18N4OS. The molecule has 5 nitrogen and oxygen atoms in total. The quantitative estimate of drug-likeness (QED) is 0.488. The first kappa shape index (κ1) is 12.5. The number of aromatic amines is 1. The highest BCUT2D eigenvalue weighted by Crippen LogP contribution is 2.08. The SMILES string of the molecule is CCOCCCNCCSc1ncn[nH]1. The molecular weight excluding hydrogens is 212 g/mol. The fraction of sp³-hybridized carbons (Fsp3) is 0.778. The van der Waals surface area contributed by atoms with Gasteiger partial charge in [-0.2, -0.15) is 5.10 Å². The van der Waals surface area contributed by atoms with Crippen LogP contribution in [0.4, 0.5) is 0 Å². The molecule has 0 aliphatic carbocycles. The summed E-state index contributed by atoms with van der Waals surface area (Å²) in [5.74, 6) is 1.00. The van der Waals surface area contributed by atoms with Gasteiger partial charge in [-0.1, -0.05) is 11.8 Å². The maximum Gasteiger partial charge on any atom is 0.183 e. The van der Waals surface area contributed by atoms with Gasteiger partial charge in [0.05, 0.1) is 0 Å². The molecule has 0 bridgehead atoms. The molecule has 1 heterocycles. The fourth-order valence-corrected chi connectivity index (χ4v) is 1.73. The minimum absolute atomic E-state index is 0.807. The molecule has 0 atom stereocenters. The minimum Gasteiger partial charge on any atom is -0.382 e. The Bertz CT molecular complexity index is 230. The average Bonchev–Trinajstić information content (AvgIpc) is 2.75. The number of aromatic nitrogens is 3. The topological polar surface area (TPSA) is 62.8 Å². The monoisotopic (exact) mass is 230 g/mol. The summed E-state index contributed by atoms with van der Waals surface area (Å²) in [7, 11) is 0. The lowest BCUT2D eigenvalue weighted by Crippen LogP contribution is -2.19. The highest BCUT2D eigenvalue weighted by atomic mass is 32.2. The zero-order valence-electron chi connectivity index (χ0n) is 9.03. The molecule has 0 radical (unpaired) electrons. The molecule has 0 amide bonds. The molecule has 0 saturated heterocycles. The number of H-pyrrole nitrogens is 1. The van der Waals surface area contributed by atoms with Crippen molar-refractivity contribution in [3.05, 3.63) is 6.33 Å². The molecule has 6 heteroatoms. The van der Waals surface area contributed by atoms with E-state index in [0.717, 1.165) is 43.6 Å². The van der Waals surface area contributed by atoms with Gasteiger partial charge in [-0.25, -0.2) is 4.98 Å². The highest BCUT2D eigenvalue weighted by Gasteiger charge is 1.95. The molecule has 1 aromatic rings. The normalized spacial score (nSPS) is 10.7. The molecule has 0 saturated carbocycles. The molecule has 1 rings (SSSR count). The summed E-state index contributed by atoms with van der Waals surface area (Å²) in [6.45, 7) is 5.66. The van der Waals surface area contributed by atoms with Crippen LogP contribution in [0.1, 0.15) is 13.3 Å². The summed E-state index contributed by atoms with van der Waals surface area (Å²) >= 11 is 1.67. The second-order valence-electron chi connectivity index (χ2n) is 2.94. The maximum absolute atomic E-state index is 5.23. The standard InChI is InChI=1S/C9H18N4OS/c1-2-14-6-3-4-10-5-7-15-9-11-8-12-13-9/h8,10H,2-7H2,1H3,(H,11,12,13). The smallest absolute Gasteiger partial charge is 0.183 e. The lowest BCUT2D eigenvalue weighted by Gasteiger charge is -2.03. The minimum atomic E-state index is 0.807. The zero-order valence-corrected chi connectivity index (χ0v) is 9.85. The van der Waals surface area contributed by atoms with E-state index in [1.54, 1.807) is 11.8 Å². The summed E-state index contributed by atoms with van der Waals surface area (Å²) in [5, 5.41) is 10.8. The van der Waals surface area contributed by atoms with E-state index in [-0.39, 0.29) is 0 Å². The van der Waals surface area contributed by atoms with Crippen LogP contribution >= 0.6 is 11.8 Å². The van der Waals surface area contributed by atoms with Gasteiger partial charge in [-0.15, -0.1) is 0 Å². The van der Waals surface area contributed by atoms with Crippen LogP contribution in [0.5, 0.6) is 0 Å². The fourth-order valence-electron chi connectivity index (χ4n) is 1.05. The number of hydrogen-bond acceptors (Lipinski definition) is 5. The Kier molecular flexibility index (Phi) is 7.24. The second-order valence-corrected chi connectivity index (χ2v) is 4.02. The van der Waals surface area contributed by atoms with E-state index in [2.05, 4.69) is 20.5 Å². The Labute approximate surface area is 94.4 Å². The third kappa shape index (κ3) is 6.48. The van der Waals surface area contributed by atoms with Crippen molar-refractivity contribution >= 4 is 11.8 Å². The van der Waals surface area contributed by atoms with Crippen LogP contribution in [0.2, 0.25) is 0 Å². The third-order valence-electron chi connectivity index (χ3n) is 1.76. The Morgan fingerprint density at radius 3 is 3.20 bits per heavy atom. The maximum atomic E-state index is 5.23. The molecule has 1 aromatic heterocycles. The van der Waals surface area contributed by atoms with Gasteiger partial charge in [0.1, 0.15) is 6.33 Å². The summed E-state index contributed by atoms with van der Waals surface area (Å²) in [5.41, 5.74) is 0. The summed E-state index contributed by atoms with van der Waals surface area (Å²) in [6, 6.07) is 0. The van der Waals surface area contributed by atoms with E-state index >= 15 is 0 Å². The van der Waals surface area contributed by atoms with E-state index in [1.807, 2.05) is 6.92 Å². The van der Waals surface area contributed by atoms with Crippen molar-refractivity contribution in [3.8, 4) is 0 Å². The van der Waals surface area contributed by atoms with E-state index in [4.69, 9.17) is 4.74 Å². The van der Waals surface area contributed by atoms with Crippen LogP contribution in [0, 0.1) is 0 Å². The van der Waals surface area contributed by atoms with Crippen LogP contribution in [-0.4, -0.2) is 47.2 Å².